The molecule has 3 heterocycles. The molecule has 2 aromatic rings. The minimum atomic E-state index is 0.136. The van der Waals surface area contributed by atoms with E-state index in [4.69, 9.17) is 4.74 Å². The zero-order valence-corrected chi connectivity index (χ0v) is 19.5. The number of benzene rings is 2. The number of aryl methyl sites for hydroxylation is 1. The number of carbonyl (C=O) groups is 2. The van der Waals surface area contributed by atoms with Gasteiger partial charge in [-0.1, -0.05) is 60.2 Å². The molecule has 3 aliphatic rings. The summed E-state index contributed by atoms with van der Waals surface area (Å²) in [4.78, 5) is 29.1. The lowest BCUT2D eigenvalue weighted by Crippen LogP contribution is -2.54. The van der Waals surface area contributed by atoms with Crippen LogP contribution in [0.25, 0.3) is 0 Å². The highest BCUT2D eigenvalue weighted by Crippen LogP contribution is 2.38. The van der Waals surface area contributed by atoms with Crippen LogP contribution in [-0.4, -0.2) is 60.5 Å². The van der Waals surface area contributed by atoms with E-state index in [-0.39, 0.29) is 30.4 Å². The topological polar surface area (TPSA) is 49.9 Å². The number of hydrogen-bond acceptors (Lipinski definition) is 3. The normalized spacial score (nSPS) is 24.9. The van der Waals surface area contributed by atoms with E-state index in [1.165, 1.54) is 16.7 Å². The number of amides is 2. The van der Waals surface area contributed by atoms with Gasteiger partial charge in [-0.15, -0.1) is 0 Å². The van der Waals surface area contributed by atoms with E-state index in [1.54, 1.807) is 0 Å². The zero-order chi connectivity index (χ0) is 22.8. The molecule has 5 rings (SSSR count). The van der Waals surface area contributed by atoms with Gasteiger partial charge in [0.1, 0.15) is 6.61 Å². The third-order valence-electron chi connectivity index (χ3n) is 7.72. The van der Waals surface area contributed by atoms with Crippen LogP contribution in [0.2, 0.25) is 0 Å². The summed E-state index contributed by atoms with van der Waals surface area (Å²) in [6, 6.07) is 19.8. The van der Waals surface area contributed by atoms with Crippen molar-refractivity contribution in [2.75, 3.05) is 32.8 Å². The maximum Gasteiger partial charge on any atom is 0.320 e. The van der Waals surface area contributed by atoms with E-state index in [0.29, 0.717) is 24.8 Å². The zero-order valence-electron chi connectivity index (χ0n) is 19.5. The fraction of sp³-hybridized carbons (Fsp3) is 0.500. The Morgan fingerprint density at radius 1 is 0.939 bits per heavy atom. The lowest BCUT2D eigenvalue weighted by atomic mass is 9.76. The van der Waals surface area contributed by atoms with Crippen LogP contribution in [0.15, 0.2) is 54.6 Å². The lowest BCUT2D eigenvalue weighted by Gasteiger charge is -2.43. The molecule has 3 fully saturated rings. The van der Waals surface area contributed by atoms with Crippen LogP contribution in [-0.2, 0) is 9.53 Å². The number of rotatable bonds is 3. The Kier molecular flexibility index (Phi) is 6.50. The van der Waals surface area contributed by atoms with Gasteiger partial charge in [0.2, 0.25) is 0 Å². The minimum absolute atomic E-state index is 0.136. The first-order valence-electron chi connectivity index (χ1n) is 12.4. The number of Topliss-reactive ketones (excluding diaryl/α,β-unsaturated/α-hetero) is 1. The summed E-state index contributed by atoms with van der Waals surface area (Å²) >= 11 is 0. The van der Waals surface area contributed by atoms with Crippen LogP contribution < -0.4 is 0 Å². The number of nitrogens with zero attached hydrogens (tertiary/aromatic N) is 2. The molecule has 0 spiro atoms. The van der Waals surface area contributed by atoms with Crippen molar-refractivity contribution in [3.63, 3.8) is 0 Å². The van der Waals surface area contributed by atoms with Gasteiger partial charge in [-0.3, -0.25) is 4.79 Å². The molecule has 5 heteroatoms. The van der Waals surface area contributed by atoms with Gasteiger partial charge < -0.3 is 14.5 Å². The van der Waals surface area contributed by atoms with Crippen LogP contribution in [0, 0.1) is 18.8 Å². The van der Waals surface area contributed by atoms with Gasteiger partial charge in [0.15, 0.2) is 5.78 Å². The number of carbonyl (C=O) groups excluding carboxylic acids is 2. The van der Waals surface area contributed by atoms with Crippen LogP contribution in [0.3, 0.4) is 0 Å². The van der Waals surface area contributed by atoms with Crippen molar-refractivity contribution >= 4 is 11.8 Å². The lowest BCUT2D eigenvalue weighted by molar-refractivity contribution is -0.140. The molecule has 0 aliphatic carbocycles. The van der Waals surface area contributed by atoms with Crippen molar-refractivity contribution < 1.29 is 14.3 Å². The number of hydrogen-bond donors (Lipinski definition) is 0. The molecule has 3 atom stereocenters. The SMILES string of the molecule is Cc1cccc([C@H](c2ccccc2)C2CCN(C(=O)N3CC[C@@H]4OCC(=O)C[C@@H]4C3)CC2)c1. The van der Waals surface area contributed by atoms with Crippen molar-refractivity contribution in [1.82, 2.24) is 9.80 Å². The van der Waals surface area contributed by atoms with Crippen LogP contribution >= 0.6 is 0 Å². The van der Waals surface area contributed by atoms with Gasteiger partial charge in [-0.2, -0.15) is 0 Å². The molecule has 2 aromatic carbocycles. The first kappa shape index (κ1) is 22.1. The molecule has 0 saturated carbocycles. The second-order valence-corrected chi connectivity index (χ2v) is 10.00. The second-order valence-electron chi connectivity index (χ2n) is 10.00. The molecule has 0 N–H and O–H groups in total. The second kappa shape index (κ2) is 9.68. The highest BCUT2D eigenvalue weighted by atomic mass is 16.5. The van der Waals surface area contributed by atoms with Crippen molar-refractivity contribution in [1.29, 1.82) is 0 Å². The third-order valence-corrected chi connectivity index (χ3v) is 7.72. The van der Waals surface area contributed by atoms with Gasteiger partial charge >= 0.3 is 6.03 Å². The monoisotopic (exact) mass is 446 g/mol. The maximum atomic E-state index is 13.3. The number of piperidine rings is 2. The Labute approximate surface area is 196 Å². The van der Waals surface area contributed by atoms with Crippen molar-refractivity contribution in [2.45, 2.75) is 44.6 Å². The Bertz CT molecular complexity index is 984. The first-order chi connectivity index (χ1) is 16.1. The molecule has 174 valence electrons. The summed E-state index contributed by atoms with van der Waals surface area (Å²) in [5.41, 5.74) is 4.02. The molecule has 0 unspecified atom stereocenters. The first-order valence-corrected chi connectivity index (χ1v) is 12.4. The summed E-state index contributed by atoms with van der Waals surface area (Å²) in [6.07, 6.45) is 3.52. The Morgan fingerprint density at radius 2 is 1.67 bits per heavy atom. The molecule has 3 aliphatic heterocycles. The van der Waals surface area contributed by atoms with Gasteiger partial charge in [0, 0.05) is 44.4 Å². The number of urea groups is 1. The average Bonchev–Trinajstić information content (AvgIpc) is 2.84. The molecule has 3 saturated heterocycles. The predicted octanol–water partition coefficient (Wildman–Crippen LogP) is 4.64. The summed E-state index contributed by atoms with van der Waals surface area (Å²) in [7, 11) is 0. The summed E-state index contributed by atoms with van der Waals surface area (Å²) in [6.45, 7) is 5.35. The summed E-state index contributed by atoms with van der Waals surface area (Å²) in [5.74, 6) is 1.18. The van der Waals surface area contributed by atoms with Crippen LogP contribution in [0.5, 0.6) is 0 Å². The van der Waals surface area contributed by atoms with Crippen molar-refractivity contribution in [2.24, 2.45) is 11.8 Å². The van der Waals surface area contributed by atoms with Gasteiger partial charge in [-0.25, -0.2) is 4.79 Å². The van der Waals surface area contributed by atoms with E-state index < -0.39 is 0 Å². The largest absolute Gasteiger partial charge is 0.370 e. The fourth-order valence-electron chi connectivity index (χ4n) is 6.04. The van der Waals surface area contributed by atoms with E-state index in [9.17, 15) is 9.59 Å². The van der Waals surface area contributed by atoms with Crippen LogP contribution in [0.4, 0.5) is 4.79 Å². The molecule has 0 radical (unpaired) electrons. The van der Waals surface area contributed by atoms with Gasteiger partial charge in [0.25, 0.3) is 0 Å². The molecule has 0 aromatic heterocycles. The Balaban J connectivity index is 1.25. The van der Waals surface area contributed by atoms with Crippen molar-refractivity contribution in [3.05, 3.63) is 71.3 Å². The van der Waals surface area contributed by atoms with E-state index in [0.717, 1.165) is 38.9 Å². The summed E-state index contributed by atoms with van der Waals surface area (Å²) in [5, 5.41) is 0. The average molecular weight is 447 g/mol. The molecular formula is C28H34N2O3. The van der Waals surface area contributed by atoms with E-state index >= 15 is 0 Å². The van der Waals surface area contributed by atoms with E-state index in [1.807, 2.05) is 9.80 Å². The maximum absolute atomic E-state index is 13.3. The third kappa shape index (κ3) is 4.84. The standard InChI is InChI=1S/C28H34N2O3/c1-20-6-5-9-23(16-20)27(21-7-3-2-4-8-21)22-10-13-29(14-11-22)28(32)30-15-12-26-24(18-30)17-25(31)19-33-26/h2-9,16,22,24,26-27H,10-15,17-19H2,1H3/t24-,26+,27-/m1/s1. The quantitative estimate of drug-likeness (QED) is 0.690. The molecular weight excluding hydrogens is 412 g/mol. The molecule has 33 heavy (non-hydrogen) atoms. The highest BCUT2D eigenvalue weighted by molar-refractivity contribution is 5.81. The smallest absolute Gasteiger partial charge is 0.320 e. The number of fused-ring (bicyclic) bond motifs is 1. The number of ether oxygens (including phenoxy) is 1. The molecule has 2 amide bonds. The molecule has 0 bridgehead atoms. The number of ketones is 1. The Hall–Kier alpha value is -2.66. The fourth-order valence-corrected chi connectivity index (χ4v) is 6.04. The number of likely N-dealkylation sites (tertiary alicyclic amines) is 2. The van der Waals surface area contributed by atoms with Gasteiger partial charge in [-0.05, 0) is 43.2 Å². The predicted molar refractivity (Wildman–Crippen MR) is 128 cm³/mol. The van der Waals surface area contributed by atoms with Crippen LogP contribution in [0.1, 0.15) is 48.3 Å². The van der Waals surface area contributed by atoms with Gasteiger partial charge in [0.05, 0.1) is 6.10 Å². The van der Waals surface area contributed by atoms with E-state index in [2.05, 4.69) is 61.5 Å². The summed E-state index contributed by atoms with van der Waals surface area (Å²) < 4.78 is 5.70. The minimum Gasteiger partial charge on any atom is -0.370 e. The highest BCUT2D eigenvalue weighted by Gasteiger charge is 2.38. The molecule has 5 nitrogen and oxygen atoms in total. The Morgan fingerprint density at radius 3 is 2.42 bits per heavy atom. The van der Waals surface area contributed by atoms with Crippen molar-refractivity contribution in [3.8, 4) is 0 Å².